The van der Waals surface area contributed by atoms with Crippen molar-refractivity contribution in [3.8, 4) is 0 Å². The number of carbonyl (C=O) groups excluding carboxylic acids is 1. The van der Waals surface area contributed by atoms with E-state index in [1.807, 2.05) is 0 Å². The van der Waals surface area contributed by atoms with Crippen LogP contribution in [-0.4, -0.2) is 49.9 Å². The number of nitrogens with two attached hydrogens (primary N) is 1. The zero-order valence-electron chi connectivity index (χ0n) is 21.5. The highest BCUT2D eigenvalue weighted by molar-refractivity contribution is 7.52. The fraction of sp³-hybridized carbons (Fsp3) is 0.960. The van der Waals surface area contributed by atoms with Crippen molar-refractivity contribution in [2.45, 2.75) is 122 Å². The molecule has 0 aromatic rings. The van der Waals surface area contributed by atoms with Crippen molar-refractivity contribution < 1.29 is 23.5 Å². The molecule has 0 aliphatic rings. The van der Waals surface area contributed by atoms with Gasteiger partial charge in [-0.15, -0.1) is 0 Å². The minimum atomic E-state index is -3.63. The number of hydrogen-bond acceptors (Lipinski definition) is 6. The first-order valence-corrected chi connectivity index (χ1v) is 15.2. The molecule has 0 amide bonds. The van der Waals surface area contributed by atoms with Crippen molar-refractivity contribution in [3.63, 3.8) is 0 Å². The maximum Gasteiger partial charge on any atom is 0.328 e. The summed E-state index contributed by atoms with van der Waals surface area (Å²) in [5, 5.41) is 2.85. The summed E-state index contributed by atoms with van der Waals surface area (Å²) >= 11 is 0. The van der Waals surface area contributed by atoms with Gasteiger partial charge in [0.1, 0.15) is 6.61 Å². The third-order valence-electron chi connectivity index (χ3n) is 5.87. The van der Waals surface area contributed by atoms with Crippen LogP contribution in [0, 0.1) is 0 Å². The zero-order valence-corrected chi connectivity index (χ0v) is 22.4. The molecule has 0 spiro atoms. The van der Waals surface area contributed by atoms with E-state index in [9.17, 15) is 14.3 Å². The number of unbranched alkanes of at least 4 members (excludes halogenated alkanes) is 14. The van der Waals surface area contributed by atoms with Gasteiger partial charge in [-0.3, -0.25) is 9.36 Å². The van der Waals surface area contributed by atoms with Crippen molar-refractivity contribution in [2.75, 3.05) is 33.0 Å². The molecule has 2 atom stereocenters. The SMILES string of the molecule is CCCCCCCCCCCCCCCCCC(=O)OCC(N)CCP(=O)(O)OCCNC. The summed E-state index contributed by atoms with van der Waals surface area (Å²) in [7, 11) is -1.88. The Morgan fingerprint density at radius 3 is 1.88 bits per heavy atom. The monoisotopic (exact) mass is 492 g/mol. The van der Waals surface area contributed by atoms with Crippen molar-refractivity contribution >= 4 is 13.6 Å². The summed E-state index contributed by atoms with van der Waals surface area (Å²) in [5.74, 6) is -0.238. The third kappa shape index (κ3) is 24.5. The van der Waals surface area contributed by atoms with Gasteiger partial charge >= 0.3 is 13.6 Å². The van der Waals surface area contributed by atoms with E-state index in [4.69, 9.17) is 15.0 Å². The molecule has 0 fully saturated rings. The number of nitrogens with one attached hydrogen (secondary N) is 1. The van der Waals surface area contributed by atoms with Gasteiger partial charge in [-0.05, 0) is 19.9 Å². The van der Waals surface area contributed by atoms with Crippen LogP contribution in [0.25, 0.3) is 0 Å². The average molecular weight is 493 g/mol. The van der Waals surface area contributed by atoms with Crippen LogP contribution in [0.1, 0.15) is 116 Å². The smallest absolute Gasteiger partial charge is 0.328 e. The number of carbonyl (C=O) groups is 1. The summed E-state index contributed by atoms with van der Waals surface area (Å²) in [6, 6.07) is -0.455. The van der Waals surface area contributed by atoms with E-state index in [0.717, 1.165) is 12.8 Å². The van der Waals surface area contributed by atoms with Gasteiger partial charge < -0.3 is 25.2 Å². The molecule has 0 radical (unpaired) electrons. The molecule has 4 N–H and O–H groups in total. The second-order valence-electron chi connectivity index (χ2n) is 9.23. The van der Waals surface area contributed by atoms with E-state index < -0.39 is 13.6 Å². The molecule has 198 valence electrons. The molecule has 0 rings (SSSR count). The number of ether oxygens (including phenoxy) is 1. The van der Waals surface area contributed by atoms with E-state index in [1.165, 1.54) is 83.5 Å². The second-order valence-corrected chi connectivity index (χ2v) is 11.2. The van der Waals surface area contributed by atoms with Crippen LogP contribution in [0.5, 0.6) is 0 Å². The van der Waals surface area contributed by atoms with Crippen LogP contribution in [-0.2, 0) is 18.6 Å². The Bertz CT molecular complexity index is 493. The molecule has 33 heavy (non-hydrogen) atoms. The van der Waals surface area contributed by atoms with Gasteiger partial charge in [-0.25, -0.2) is 0 Å². The largest absolute Gasteiger partial charge is 0.464 e. The fourth-order valence-electron chi connectivity index (χ4n) is 3.68. The van der Waals surface area contributed by atoms with Gasteiger partial charge in [0, 0.05) is 19.0 Å². The highest BCUT2D eigenvalue weighted by atomic mass is 31.2. The number of esters is 1. The Hall–Kier alpha value is -0.460. The normalized spacial score (nSPS) is 14.2. The minimum Gasteiger partial charge on any atom is -0.464 e. The molecule has 7 nitrogen and oxygen atoms in total. The molecular weight excluding hydrogens is 439 g/mol. The Labute approximate surface area is 203 Å². The molecule has 0 aliphatic carbocycles. The number of likely N-dealkylation sites (N-methyl/N-ethyl adjacent to an activating group) is 1. The van der Waals surface area contributed by atoms with E-state index in [1.54, 1.807) is 7.05 Å². The van der Waals surface area contributed by atoms with E-state index in [-0.39, 0.29) is 31.8 Å². The molecule has 0 aromatic heterocycles. The van der Waals surface area contributed by atoms with Crippen LogP contribution in [0.3, 0.4) is 0 Å². The Balaban J connectivity index is 3.44. The Morgan fingerprint density at radius 2 is 1.39 bits per heavy atom. The molecule has 0 aliphatic heterocycles. The summed E-state index contributed by atoms with van der Waals surface area (Å²) in [4.78, 5) is 21.6. The summed E-state index contributed by atoms with van der Waals surface area (Å²) in [6.07, 6.45) is 20.1. The Morgan fingerprint density at radius 1 is 0.909 bits per heavy atom. The molecule has 2 unspecified atom stereocenters. The van der Waals surface area contributed by atoms with Gasteiger partial charge in [-0.1, -0.05) is 96.8 Å². The lowest BCUT2D eigenvalue weighted by Gasteiger charge is -2.15. The highest BCUT2D eigenvalue weighted by Crippen LogP contribution is 2.42. The lowest BCUT2D eigenvalue weighted by Crippen LogP contribution is -2.29. The first-order chi connectivity index (χ1) is 15.9. The van der Waals surface area contributed by atoms with Gasteiger partial charge in [0.2, 0.25) is 0 Å². The predicted octanol–water partition coefficient (Wildman–Crippen LogP) is 5.93. The third-order valence-corrected chi connectivity index (χ3v) is 7.28. The van der Waals surface area contributed by atoms with Gasteiger partial charge in [0.05, 0.1) is 12.8 Å². The van der Waals surface area contributed by atoms with E-state index >= 15 is 0 Å². The first kappa shape index (κ1) is 32.5. The van der Waals surface area contributed by atoms with Crippen molar-refractivity contribution in [1.29, 1.82) is 0 Å². The lowest BCUT2D eigenvalue weighted by atomic mass is 10.0. The molecule has 0 aromatic carbocycles. The van der Waals surface area contributed by atoms with Crippen LogP contribution in [0.2, 0.25) is 0 Å². The maximum absolute atomic E-state index is 11.8. The van der Waals surface area contributed by atoms with Gasteiger partial charge in [0.25, 0.3) is 0 Å². The van der Waals surface area contributed by atoms with E-state index in [0.29, 0.717) is 13.0 Å². The molecule has 0 saturated heterocycles. The molecule has 0 bridgehead atoms. The van der Waals surface area contributed by atoms with E-state index in [2.05, 4.69) is 12.2 Å². The van der Waals surface area contributed by atoms with Crippen LogP contribution >= 0.6 is 7.60 Å². The second kappa shape index (κ2) is 23.3. The van der Waals surface area contributed by atoms with Gasteiger partial charge in [-0.2, -0.15) is 0 Å². The standard InChI is InChI=1S/C25H53N2O5P/c1-3-4-5-6-7-8-9-10-11-12-13-14-15-16-17-18-25(28)31-23-24(26)19-22-33(29,30)32-21-20-27-2/h24,27H,3-23,26H2,1-2H3,(H,29,30). The predicted molar refractivity (Wildman–Crippen MR) is 138 cm³/mol. The highest BCUT2D eigenvalue weighted by Gasteiger charge is 2.20. The molecule has 8 heteroatoms. The van der Waals surface area contributed by atoms with Crippen molar-refractivity contribution in [1.82, 2.24) is 5.32 Å². The average Bonchev–Trinajstić information content (AvgIpc) is 2.79. The lowest BCUT2D eigenvalue weighted by molar-refractivity contribution is -0.144. The molecule has 0 heterocycles. The van der Waals surface area contributed by atoms with Gasteiger partial charge in [0.15, 0.2) is 0 Å². The summed E-state index contributed by atoms with van der Waals surface area (Å²) < 4.78 is 22.0. The van der Waals surface area contributed by atoms with Crippen LogP contribution in [0.15, 0.2) is 0 Å². The van der Waals surface area contributed by atoms with Crippen LogP contribution < -0.4 is 11.1 Å². The van der Waals surface area contributed by atoms with Crippen molar-refractivity contribution in [3.05, 3.63) is 0 Å². The molecule has 0 saturated carbocycles. The number of rotatable bonds is 25. The maximum atomic E-state index is 11.8. The van der Waals surface area contributed by atoms with Crippen LogP contribution in [0.4, 0.5) is 0 Å². The topological polar surface area (TPSA) is 111 Å². The zero-order chi connectivity index (χ0) is 24.6. The molecular formula is C25H53N2O5P. The minimum absolute atomic E-state index is 0.0333. The van der Waals surface area contributed by atoms with Crippen molar-refractivity contribution in [2.24, 2.45) is 5.73 Å². The summed E-state index contributed by atoms with van der Waals surface area (Å²) in [6.45, 7) is 3.02. The fourth-order valence-corrected chi connectivity index (χ4v) is 4.84. The summed E-state index contributed by atoms with van der Waals surface area (Å²) in [5.41, 5.74) is 5.89. The Kier molecular flexibility index (Phi) is 23.0. The number of hydrogen-bond donors (Lipinski definition) is 3. The quantitative estimate of drug-likeness (QED) is 0.0823. The first-order valence-electron chi connectivity index (χ1n) is 13.4.